The Hall–Kier alpha value is -5.90. The monoisotopic (exact) mass is 549 g/mol. The molecule has 0 radical (unpaired) electrons. The minimum atomic E-state index is -0.494. The average molecular weight is 550 g/mol. The van der Waals surface area contributed by atoms with Crippen molar-refractivity contribution >= 4 is 51.0 Å². The van der Waals surface area contributed by atoms with E-state index >= 15 is 0 Å². The zero-order valence-corrected chi connectivity index (χ0v) is 22.0. The summed E-state index contributed by atoms with van der Waals surface area (Å²) >= 11 is 0. The maximum Gasteiger partial charge on any atom is 0.271 e. The molecule has 0 aliphatic carbocycles. The van der Waals surface area contributed by atoms with Crippen LogP contribution in [0.5, 0.6) is 5.75 Å². The Balaban J connectivity index is 0.000000296. The number of hydrogen-bond acceptors (Lipinski definition) is 7. The number of fused-ring (bicyclic) bond motifs is 1. The van der Waals surface area contributed by atoms with Gasteiger partial charge in [-0.05, 0) is 60.3 Å². The van der Waals surface area contributed by atoms with Gasteiger partial charge in [0.1, 0.15) is 0 Å². The maximum absolute atomic E-state index is 12.7. The van der Waals surface area contributed by atoms with Gasteiger partial charge in [0.05, 0.1) is 16.2 Å². The number of anilines is 4. The van der Waals surface area contributed by atoms with E-state index in [0.29, 0.717) is 33.4 Å². The van der Waals surface area contributed by atoms with Gasteiger partial charge in [-0.2, -0.15) is 0 Å². The van der Waals surface area contributed by atoms with Crippen molar-refractivity contribution in [2.45, 2.75) is 6.92 Å². The van der Waals surface area contributed by atoms with Crippen LogP contribution in [0.4, 0.5) is 28.4 Å². The van der Waals surface area contributed by atoms with Crippen LogP contribution in [0.1, 0.15) is 26.3 Å². The third-order valence-electron chi connectivity index (χ3n) is 6.20. The van der Waals surface area contributed by atoms with Gasteiger partial charge in [0.2, 0.25) is 0 Å². The number of nitrogen functional groups attached to an aromatic ring is 2. The number of benzene rings is 5. The maximum atomic E-state index is 12.7. The highest BCUT2D eigenvalue weighted by Gasteiger charge is 2.18. The fourth-order valence-corrected chi connectivity index (χ4v) is 3.92. The van der Waals surface area contributed by atoms with E-state index in [1.165, 1.54) is 18.2 Å². The summed E-state index contributed by atoms with van der Waals surface area (Å²) in [4.78, 5) is 35.0. The van der Waals surface area contributed by atoms with Gasteiger partial charge in [-0.15, -0.1) is 0 Å². The number of carbonyl (C=O) groups is 2. The zero-order chi connectivity index (χ0) is 29.5. The zero-order valence-electron chi connectivity index (χ0n) is 22.0. The number of nitro groups is 1. The van der Waals surface area contributed by atoms with Crippen molar-refractivity contribution in [1.29, 1.82) is 0 Å². The van der Waals surface area contributed by atoms with Crippen LogP contribution in [0.15, 0.2) is 103 Å². The van der Waals surface area contributed by atoms with E-state index in [9.17, 15) is 24.8 Å². The molecule has 10 nitrogen and oxygen atoms in total. The Kier molecular flexibility index (Phi) is 8.44. The predicted octanol–water partition coefficient (Wildman–Crippen LogP) is 6.12. The van der Waals surface area contributed by atoms with Gasteiger partial charge < -0.3 is 27.2 Å². The summed E-state index contributed by atoms with van der Waals surface area (Å²) in [5, 5.41) is 27.3. The van der Waals surface area contributed by atoms with Crippen LogP contribution in [0.25, 0.3) is 10.8 Å². The Morgan fingerprint density at radius 1 is 0.780 bits per heavy atom. The third-order valence-corrected chi connectivity index (χ3v) is 6.20. The molecule has 5 rings (SSSR count). The fourth-order valence-electron chi connectivity index (χ4n) is 3.92. The van der Waals surface area contributed by atoms with E-state index in [-0.39, 0.29) is 28.6 Å². The Morgan fingerprint density at radius 2 is 1.37 bits per heavy atom. The predicted molar refractivity (Wildman–Crippen MR) is 161 cm³/mol. The molecule has 0 spiro atoms. The lowest BCUT2D eigenvalue weighted by Gasteiger charge is -2.12. The number of non-ortho nitro benzene ring substituents is 1. The van der Waals surface area contributed by atoms with E-state index in [1.54, 1.807) is 67.6 Å². The highest BCUT2D eigenvalue weighted by Crippen LogP contribution is 2.34. The summed E-state index contributed by atoms with van der Waals surface area (Å²) in [6, 6.07) is 28.9. The lowest BCUT2D eigenvalue weighted by molar-refractivity contribution is -0.384. The minimum Gasteiger partial charge on any atom is -0.505 e. The van der Waals surface area contributed by atoms with E-state index in [1.807, 2.05) is 24.3 Å². The Labute approximate surface area is 235 Å². The van der Waals surface area contributed by atoms with Crippen molar-refractivity contribution in [2.75, 3.05) is 22.1 Å². The smallest absolute Gasteiger partial charge is 0.271 e. The summed E-state index contributed by atoms with van der Waals surface area (Å²) in [6.45, 7) is 1.80. The number of aryl methyl sites for hydroxylation is 1. The van der Waals surface area contributed by atoms with Crippen molar-refractivity contribution in [3.63, 3.8) is 0 Å². The molecule has 5 aromatic carbocycles. The van der Waals surface area contributed by atoms with Crippen molar-refractivity contribution < 1.29 is 19.6 Å². The van der Waals surface area contributed by atoms with Crippen molar-refractivity contribution in [1.82, 2.24) is 0 Å². The summed E-state index contributed by atoms with van der Waals surface area (Å²) in [5.41, 5.74) is 14.7. The molecule has 5 aromatic rings. The Morgan fingerprint density at radius 3 is 1.93 bits per heavy atom. The van der Waals surface area contributed by atoms with Crippen molar-refractivity contribution in [3.05, 3.63) is 130 Å². The number of nitrogens with one attached hydrogen (secondary N) is 2. The number of aromatic hydroxyl groups is 1. The molecular weight excluding hydrogens is 522 g/mol. The molecule has 0 bridgehead atoms. The first-order chi connectivity index (χ1) is 19.6. The molecular formula is C31H27N5O5. The number of phenolic OH excluding ortho intramolecular Hbond substituents is 1. The number of para-hydroxylation sites is 2. The van der Waals surface area contributed by atoms with Gasteiger partial charge >= 0.3 is 0 Å². The van der Waals surface area contributed by atoms with Gasteiger partial charge in [0, 0.05) is 40.1 Å². The van der Waals surface area contributed by atoms with Crippen molar-refractivity contribution in [3.8, 4) is 5.75 Å². The Bertz CT molecular complexity index is 1740. The molecule has 0 aliphatic heterocycles. The lowest BCUT2D eigenvalue weighted by Crippen LogP contribution is -2.13. The first-order valence-electron chi connectivity index (χ1n) is 12.4. The number of nitrogens with zero attached hydrogens (tertiary/aromatic N) is 1. The highest BCUT2D eigenvalue weighted by atomic mass is 16.6. The SMILES string of the molecule is Cc1ccc([N+](=O)[O-])cc1N.Nc1c(O)c(C(=O)Nc2ccccc2)cc2cc(C(=O)Nc3ccccc3)ccc12. The number of carbonyl (C=O) groups excluding carboxylic acids is 2. The lowest BCUT2D eigenvalue weighted by atomic mass is 10.0. The minimum absolute atomic E-state index is 0.0319. The second kappa shape index (κ2) is 12.3. The van der Waals surface area contributed by atoms with Gasteiger partial charge in [-0.3, -0.25) is 19.7 Å². The molecule has 0 heterocycles. The second-order valence-electron chi connectivity index (χ2n) is 9.06. The third kappa shape index (κ3) is 6.76. The molecule has 10 heteroatoms. The van der Waals surface area contributed by atoms with Crippen LogP contribution in [0, 0.1) is 17.0 Å². The quantitative estimate of drug-likeness (QED) is 0.0760. The standard InChI is InChI=1S/C24H19N3O3.C7H8N2O2/c25-21-19-12-11-15(23(29)26-17-7-3-1-4-8-17)13-16(19)14-20(22(21)28)24(30)27-18-9-5-2-6-10-18;1-5-2-3-6(9(10)11)4-7(5)8/h1-14,28H,25H2,(H,26,29)(H,27,30);2-4H,8H2,1H3. The molecule has 7 N–H and O–H groups in total. The normalized spacial score (nSPS) is 10.3. The summed E-state index contributed by atoms with van der Waals surface area (Å²) in [5.74, 6) is -1.08. The van der Waals surface area contributed by atoms with Crippen LogP contribution in [0.2, 0.25) is 0 Å². The summed E-state index contributed by atoms with van der Waals surface area (Å²) in [7, 11) is 0. The molecule has 2 amide bonds. The molecule has 0 unspecified atom stereocenters. The number of phenols is 1. The number of rotatable bonds is 5. The summed E-state index contributed by atoms with van der Waals surface area (Å²) in [6.07, 6.45) is 0. The van der Waals surface area contributed by atoms with Gasteiger partial charge in [-0.1, -0.05) is 48.5 Å². The fraction of sp³-hybridized carbons (Fsp3) is 0.0323. The second-order valence-corrected chi connectivity index (χ2v) is 9.06. The first kappa shape index (κ1) is 28.1. The van der Waals surface area contributed by atoms with E-state index < -0.39 is 10.8 Å². The largest absolute Gasteiger partial charge is 0.505 e. The molecule has 0 aliphatic rings. The number of nitrogens with two attached hydrogens (primary N) is 2. The van der Waals surface area contributed by atoms with Crippen LogP contribution >= 0.6 is 0 Å². The van der Waals surface area contributed by atoms with Crippen LogP contribution in [0.3, 0.4) is 0 Å². The number of amides is 2. The highest BCUT2D eigenvalue weighted by molar-refractivity contribution is 6.13. The molecule has 0 saturated carbocycles. The average Bonchev–Trinajstić information content (AvgIpc) is 2.97. The van der Waals surface area contributed by atoms with Gasteiger partial charge in [0.25, 0.3) is 17.5 Å². The molecule has 0 aromatic heterocycles. The van der Waals surface area contributed by atoms with E-state index in [0.717, 1.165) is 5.56 Å². The number of nitro benzene ring substituents is 1. The van der Waals surface area contributed by atoms with Gasteiger partial charge in [0.15, 0.2) is 5.75 Å². The van der Waals surface area contributed by atoms with Gasteiger partial charge in [-0.25, -0.2) is 0 Å². The molecule has 41 heavy (non-hydrogen) atoms. The topological polar surface area (TPSA) is 174 Å². The molecule has 0 atom stereocenters. The van der Waals surface area contributed by atoms with E-state index in [4.69, 9.17) is 11.5 Å². The first-order valence-corrected chi connectivity index (χ1v) is 12.4. The molecule has 0 fully saturated rings. The summed E-state index contributed by atoms with van der Waals surface area (Å²) < 4.78 is 0. The van der Waals surface area contributed by atoms with Crippen LogP contribution in [-0.4, -0.2) is 21.8 Å². The van der Waals surface area contributed by atoms with Crippen LogP contribution in [-0.2, 0) is 0 Å². The molecule has 0 saturated heterocycles. The molecule has 206 valence electrons. The van der Waals surface area contributed by atoms with Crippen LogP contribution < -0.4 is 22.1 Å². The number of hydrogen-bond donors (Lipinski definition) is 5. The van der Waals surface area contributed by atoms with E-state index in [2.05, 4.69) is 10.6 Å². The van der Waals surface area contributed by atoms with Crippen molar-refractivity contribution in [2.24, 2.45) is 0 Å².